The van der Waals surface area contributed by atoms with Gasteiger partial charge in [0.2, 0.25) is 0 Å². The number of aromatic nitrogens is 1. The van der Waals surface area contributed by atoms with Crippen molar-refractivity contribution in [1.82, 2.24) is 0 Å². The predicted octanol–water partition coefficient (Wildman–Crippen LogP) is 1.52. The van der Waals surface area contributed by atoms with Crippen LogP contribution in [0.5, 0.6) is 5.75 Å². The molecule has 0 radical (unpaired) electrons. The number of ether oxygens (including phenoxy) is 1. The van der Waals surface area contributed by atoms with Crippen LogP contribution in [0.15, 0.2) is 18.2 Å². The van der Waals surface area contributed by atoms with Crippen molar-refractivity contribution >= 4 is 24.3 Å². The summed E-state index contributed by atoms with van der Waals surface area (Å²) in [5.74, 6) is 0.952. The molecule has 0 fully saturated rings. The van der Waals surface area contributed by atoms with Crippen molar-refractivity contribution in [1.29, 1.82) is 0 Å². The molecular formula is C11H14NOSe+. The summed E-state index contributed by atoms with van der Waals surface area (Å²) in [4.78, 5) is 0. The van der Waals surface area contributed by atoms with Crippen molar-refractivity contribution in [3.8, 4) is 5.75 Å². The van der Waals surface area contributed by atoms with Crippen LogP contribution in [-0.2, 0) is 6.54 Å². The monoisotopic (exact) mass is 256 g/mol. The number of nitrogens with zero attached hydrogens (tertiary/aromatic N) is 1. The SMILES string of the molecule is CC[n+]1c(C)[se]c2ccc(OC)cc21. The second-order valence-corrected chi connectivity index (χ2v) is 5.79. The summed E-state index contributed by atoms with van der Waals surface area (Å²) in [6.07, 6.45) is 0. The van der Waals surface area contributed by atoms with Crippen LogP contribution in [0.2, 0.25) is 0 Å². The van der Waals surface area contributed by atoms with E-state index in [0.29, 0.717) is 14.5 Å². The van der Waals surface area contributed by atoms with E-state index in [1.54, 1.807) is 7.11 Å². The van der Waals surface area contributed by atoms with Crippen LogP contribution in [-0.4, -0.2) is 21.6 Å². The standard InChI is InChI=1S/C11H14NOSe/c1-4-12-8(2)14-11-6-5-9(13-3)7-10(11)12/h5-7H,4H2,1-3H3/q+1. The molecular weight excluding hydrogens is 241 g/mol. The molecule has 14 heavy (non-hydrogen) atoms. The number of methoxy groups -OCH3 is 1. The normalized spacial score (nSPS) is 10.8. The average molecular weight is 255 g/mol. The Bertz CT molecular complexity index is 462. The number of benzene rings is 1. The van der Waals surface area contributed by atoms with Gasteiger partial charge in [0.1, 0.15) is 0 Å². The van der Waals surface area contributed by atoms with Gasteiger partial charge < -0.3 is 0 Å². The van der Waals surface area contributed by atoms with E-state index < -0.39 is 0 Å². The van der Waals surface area contributed by atoms with Crippen LogP contribution in [0, 0.1) is 6.92 Å². The van der Waals surface area contributed by atoms with Gasteiger partial charge in [-0.15, -0.1) is 0 Å². The number of rotatable bonds is 2. The van der Waals surface area contributed by atoms with E-state index in [1.807, 2.05) is 6.07 Å². The molecule has 0 aliphatic carbocycles. The van der Waals surface area contributed by atoms with E-state index in [4.69, 9.17) is 4.74 Å². The molecule has 0 unspecified atom stereocenters. The fourth-order valence-electron chi connectivity index (χ4n) is 1.70. The van der Waals surface area contributed by atoms with Gasteiger partial charge >= 0.3 is 89.6 Å². The zero-order chi connectivity index (χ0) is 10.1. The van der Waals surface area contributed by atoms with Gasteiger partial charge in [-0.25, -0.2) is 0 Å². The molecule has 0 N–H and O–H groups in total. The summed E-state index contributed by atoms with van der Waals surface area (Å²) in [6.45, 7) is 5.46. The molecule has 0 aliphatic heterocycles. The van der Waals surface area contributed by atoms with Gasteiger partial charge in [0.15, 0.2) is 0 Å². The zero-order valence-electron chi connectivity index (χ0n) is 8.70. The summed E-state index contributed by atoms with van der Waals surface area (Å²) in [7, 11) is 1.72. The quantitative estimate of drug-likeness (QED) is 0.586. The van der Waals surface area contributed by atoms with Crippen LogP contribution in [0.4, 0.5) is 0 Å². The van der Waals surface area contributed by atoms with E-state index >= 15 is 0 Å². The van der Waals surface area contributed by atoms with Crippen molar-refractivity contribution in [2.45, 2.75) is 20.4 Å². The molecule has 0 aliphatic rings. The van der Waals surface area contributed by atoms with Crippen LogP contribution in [0.25, 0.3) is 9.78 Å². The van der Waals surface area contributed by atoms with Gasteiger partial charge in [0, 0.05) is 0 Å². The maximum absolute atomic E-state index is 5.24. The fraction of sp³-hybridized carbons (Fsp3) is 0.364. The number of hydrogen-bond acceptors (Lipinski definition) is 1. The first kappa shape index (κ1) is 9.75. The summed E-state index contributed by atoms with van der Waals surface area (Å²) in [6, 6.07) is 6.37. The van der Waals surface area contributed by atoms with E-state index in [0.717, 1.165) is 12.3 Å². The minimum atomic E-state index is 0.512. The molecule has 0 amide bonds. The van der Waals surface area contributed by atoms with Crippen LogP contribution in [0.3, 0.4) is 0 Å². The Morgan fingerprint density at radius 3 is 2.86 bits per heavy atom. The second kappa shape index (κ2) is 3.76. The van der Waals surface area contributed by atoms with Gasteiger partial charge in [-0.3, -0.25) is 0 Å². The summed E-state index contributed by atoms with van der Waals surface area (Å²) in [5, 5.41) is 0. The zero-order valence-corrected chi connectivity index (χ0v) is 10.4. The van der Waals surface area contributed by atoms with Gasteiger partial charge in [-0.05, 0) is 0 Å². The number of fused-ring (bicyclic) bond motifs is 1. The minimum absolute atomic E-state index is 0.512. The Labute approximate surface area is 89.9 Å². The van der Waals surface area contributed by atoms with Crippen LogP contribution in [0.1, 0.15) is 11.5 Å². The van der Waals surface area contributed by atoms with E-state index in [1.165, 1.54) is 14.3 Å². The van der Waals surface area contributed by atoms with Gasteiger partial charge in [0.05, 0.1) is 0 Å². The molecule has 0 spiro atoms. The molecule has 1 aromatic carbocycles. The van der Waals surface area contributed by atoms with E-state index in [-0.39, 0.29) is 0 Å². The Hall–Kier alpha value is -0.791. The van der Waals surface area contributed by atoms with Gasteiger partial charge in [-0.2, -0.15) is 0 Å². The first-order valence-corrected chi connectivity index (χ1v) is 6.44. The predicted molar refractivity (Wildman–Crippen MR) is 58.0 cm³/mol. The van der Waals surface area contributed by atoms with Gasteiger partial charge in [-0.1, -0.05) is 0 Å². The molecule has 1 heterocycles. The first-order chi connectivity index (χ1) is 6.76. The molecule has 74 valence electrons. The molecule has 1 aromatic heterocycles. The third kappa shape index (κ3) is 1.47. The third-order valence-corrected chi connectivity index (χ3v) is 4.68. The van der Waals surface area contributed by atoms with Gasteiger partial charge in [0.25, 0.3) is 0 Å². The van der Waals surface area contributed by atoms with Crippen molar-refractivity contribution in [3.05, 3.63) is 22.8 Å². The van der Waals surface area contributed by atoms with Crippen molar-refractivity contribution in [2.75, 3.05) is 7.11 Å². The molecule has 0 saturated carbocycles. The Kier molecular flexibility index (Phi) is 2.62. The molecule has 0 saturated heterocycles. The summed E-state index contributed by atoms with van der Waals surface area (Å²) >= 11 is 0.512. The van der Waals surface area contributed by atoms with Crippen molar-refractivity contribution in [3.63, 3.8) is 0 Å². The Morgan fingerprint density at radius 1 is 1.43 bits per heavy atom. The third-order valence-electron chi connectivity index (χ3n) is 2.41. The maximum atomic E-state index is 5.24. The molecule has 3 heteroatoms. The average Bonchev–Trinajstić information content (AvgIpc) is 2.52. The fourth-order valence-corrected chi connectivity index (χ4v) is 3.93. The van der Waals surface area contributed by atoms with Crippen LogP contribution < -0.4 is 9.30 Å². The number of hydrogen-bond donors (Lipinski definition) is 0. The first-order valence-electron chi connectivity index (χ1n) is 4.73. The second-order valence-electron chi connectivity index (χ2n) is 3.20. The topological polar surface area (TPSA) is 13.1 Å². The Balaban J connectivity index is 2.71. The number of aryl methyl sites for hydroxylation is 2. The van der Waals surface area contributed by atoms with Crippen molar-refractivity contribution in [2.24, 2.45) is 0 Å². The Morgan fingerprint density at radius 2 is 2.21 bits per heavy atom. The molecule has 2 aromatic rings. The van der Waals surface area contributed by atoms with Crippen LogP contribution >= 0.6 is 0 Å². The summed E-state index contributed by atoms with van der Waals surface area (Å²) < 4.78 is 10.6. The molecule has 0 bridgehead atoms. The summed E-state index contributed by atoms with van der Waals surface area (Å²) in [5.41, 5.74) is 1.34. The van der Waals surface area contributed by atoms with E-state index in [9.17, 15) is 0 Å². The molecule has 2 nitrogen and oxygen atoms in total. The van der Waals surface area contributed by atoms with E-state index in [2.05, 4.69) is 30.5 Å². The van der Waals surface area contributed by atoms with Crippen molar-refractivity contribution < 1.29 is 9.30 Å². The molecule has 2 rings (SSSR count). The molecule has 0 atom stereocenters.